The Hall–Kier alpha value is -1.69. The van der Waals surface area contributed by atoms with Crippen LogP contribution in [0.3, 0.4) is 0 Å². The summed E-state index contributed by atoms with van der Waals surface area (Å²) < 4.78 is 5.47. The molecule has 1 N–H and O–H groups in total. The molecule has 0 aromatic carbocycles. The van der Waals surface area contributed by atoms with Crippen molar-refractivity contribution >= 4 is 11.7 Å². The van der Waals surface area contributed by atoms with Gasteiger partial charge in [-0.05, 0) is 37.8 Å². The molecular weight excluding hydrogens is 256 g/mol. The van der Waals surface area contributed by atoms with E-state index in [4.69, 9.17) is 4.74 Å². The summed E-state index contributed by atoms with van der Waals surface area (Å²) in [7, 11) is 0. The zero-order valence-electron chi connectivity index (χ0n) is 11.5. The van der Waals surface area contributed by atoms with Crippen LogP contribution >= 0.6 is 0 Å². The summed E-state index contributed by atoms with van der Waals surface area (Å²) in [5.41, 5.74) is 0. The Morgan fingerprint density at radius 1 is 1.35 bits per heavy atom. The van der Waals surface area contributed by atoms with Crippen LogP contribution in [0.2, 0.25) is 0 Å². The SMILES string of the molecule is O=C([C@H]1CCCO1)N1CCC(Nc2cccnn2)CC1. The molecule has 2 fully saturated rings. The lowest BCUT2D eigenvalue weighted by Gasteiger charge is -2.33. The third-order valence-electron chi connectivity index (χ3n) is 3.94. The summed E-state index contributed by atoms with van der Waals surface area (Å²) in [6.07, 6.45) is 5.22. The Morgan fingerprint density at radius 3 is 2.85 bits per heavy atom. The van der Waals surface area contributed by atoms with Crippen molar-refractivity contribution in [2.45, 2.75) is 37.8 Å². The van der Waals surface area contributed by atoms with Gasteiger partial charge in [0.1, 0.15) is 11.9 Å². The molecule has 0 unspecified atom stereocenters. The first-order valence-corrected chi connectivity index (χ1v) is 7.27. The van der Waals surface area contributed by atoms with Crippen LogP contribution in [0.4, 0.5) is 5.82 Å². The topological polar surface area (TPSA) is 67.3 Å². The maximum atomic E-state index is 12.2. The van der Waals surface area contributed by atoms with E-state index in [1.807, 2.05) is 17.0 Å². The van der Waals surface area contributed by atoms with Crippen molar-refractivity contribution in [1.29, 1.82) is 0 Å². The van der Waals surface area contributed by atoms with Crippen LogP contribution in [0.15, 0.2) is 18.3 Å². The highest BCUT2D eigenvalue weighted by atomic mass is 16.5. The maximum Gasteiger partial charge on any atom is 0.251 e. The average molecular weight is 276 g/mol. The highest BCUT2D eigenvalue weighted by molar-refractivity contribution is 5.81. The molecule has 0 spiro atoms. The van der Waals surface area contributed by atoms with Gasteiger partial charge in [0.2, 0.25) is 0 Å². The van der Waals surface area contributed by atoms with Gasteiger partial charge < -0.3 is 15.0 Å². The Bertz CT molecular complexity index is 440. The average Bonchev–Trinajstić information content (AvgIpc) is 3.03. The highest BCUT2D eigenvalue weighted by Crippen LogP contribution is 2.19. The molecule has 0 radical (unpaired) electrons. The minimum Gasteiger partial charge on any atom is -0.368 e. The molecule has 6 nitrogen and oxygen atoms in total. The number of piperidine rings is 1. The van der Waals surface area contributed by atoms with Crippen LogP contribution in [-0.4, -0.2) is 52.8 Å². The number of rotatable bonds is 3. The number of hydrogen-bond donors (Lipinski definition) is 1. The van der Waals surface area contributed by atoms with Crippen LogP contribution in [-0.2, 0) is 9.53 Å². The van der Waals surface area contributed by atoms with E-state index in [-0.39, 0.29) is 12.0 Å². The monoisotopic (exact) mass is 276 g/mol. The second kappa shape index (κ2) is 6.17. The molecule has 2 aliphatic heterocycles. The summed E-state index contributed by atoms with van der Waals surface area (Å²) >= 11 is 0. The Labute approximate surface area is 118 Å². The van der Waals surface area contributed by atoms with Crippen LogP contribution in [0.25, 0.3) is 0 Å². The number of nitrogens with zero attached hydrogens (tertiary/aromatic N) is 3. The number of likely N-dealkylation sites (tertiary alicyclic amines) is 1. The van der Waals surface area contributed by atoms with E-state index >= 15 is 0 Å². The number of hydrogen-bond acceptors (Lipinski definition) is 5. The summed E-state index contributed by atoms with van der Waals surface area (Å²) in [4.78, 5) is 14.2. The minimum absolute atomic E-state index is 0.167. The van der Waals surface area contributed by atoms with E-state index in [9.17, 15) is 4.79 Å². The third kappa shape index (κ3) is 3.07. The normalized spacial score (nSPS) is 23.8. The minimum atomic E-state index is -0.195. The fourth-order valence-electron chi connectivity index (χ4n) is 2.81. The molecule has 1 aromatic heterocycles. The van der Waals surface area contributed by atoms with Gasteiger partial charge >= 0.3 is 0 Å². The molecule has 20 heavy (non-hydrogen) atoms. The van der Waals surface area contributed by atoms with Gasteiger partial charge in [-0.15, -0.1) is 5.10 Å². The molecule has 1 atom stereocenters. The first-order valence-electron chi connectivity index (χ1n) is 7.27. The fraction of sp³-hybridized carbons (Fsp3) is 0.643. The van der Waals surface area contributed by atoms with Crippen molar-refractivity contribution in [2.75, 3.05) is 25.0 Å². The molecule has 0 saturated carbocycles. The molecule has 6 heteroatoms. The molecule has 108 valence electrons. The van der Waals surface area contributed by atoms with Crippen LogP contribution in [0, 0.1) is 0 Å². The van der Waals surface area contributed by atoms with Gasteiger partial charge in [-0.3, -0.25) is 4.79 Å². The second-order valence-electron chi connectivity index (χ2n) is 5.35. The highest BCUT2D eigenvalue weighted by Gasteiger charge is 2.30. The Morgan fingerprint density at radius 2 is 2.20 bits per heavy atom. The van der Waals surface area contributed by atoms with Crippen molar-refractivity contribution in [2.24, 2.45) is 0 Å². The van der Waals surface area contributed by atoms with Gasteiger partial charge in [-0.1, -0.05) is 0 Å². The number of aromatic nitrogens is 2. The van der Waals surface area contributed by atoms with Gasteiger partial charge in [0, 0.05) is 31.9 Å². The zero-order valence-corrected chi connectivity index (χ0v) is 11.5. The van der Waals surface area contributed by atoms with Gasteiger partial charge in [0.05, 0.1) is 0 Å². The Kier molecular flexibility index (Phi) is 4.11. The molecule has 2 aliphatic rings. The van der Waals surface area contributed by atoms with E-state index in [0.29, 0.717) is 6.04 Å². The van der Waals surface area contributed by atoms with E-state index < -0.39 is 0 Å². The third-order valence-corrected chi connectivity index (χ3v) is 3.94. The predicted octanol–water partition coefficient (Wildman–Crippen LogP) is 1.06. The predicted molar refractivity (Wildman–Crippen MR) is 74.2 cm³/mol. The van der Waals surface area contributed by atoms with E-state index in [2.05, 4.69) is 15.5 Å². The van der Waals surface area contributed by atoms with Crippen molar-refractivity contribution in [3.8, 4) is 0 Å². The van der Waals surface area contributed by atoms with Crippen molar-refractivity contribution in [1.82, 2.24) is 15.1 Å². The molecule has 3 rings (SSSR count). The van der Waals surface area contributed by atoms with E-state index in [0.717, 1.165) is 51.2 Å². The van der Waals surface area contributed by atoms with Gasteiger partial charge in [0.25, 0.3) is 5.91 Å². The molecule has 1 aromatic rings. The molecule has 0 bridgehead atoms. The van der Waals surface area contributed by atoms with Gasteiger partial charge in [-0.2, -0.15) is 5.10 Å². The molecular formula is C14H20N4O2. The van der Waals surface area contributed by atoms with E-state index in [1.54, 1.807) is 6.20 Å². The Balaban J connectivity index is 1.48. The first-order chi connectivity index (χ1) is 9.83. The smallest absolute Gasteiger partial charge is 0.251 e. The number of nitrogens with one attached hydrogen (secondary N) is 1. The molecule has 0 aliphatic carbocycles. The zero-order chi connectivity index (χ0) is 13.8. The van der Waals surface area contributed by atoms with Crippen molar-refractivity contribution in [3.05, 3.63) is 18.3 Å². The van der Waals surface area contributed by atoms with E-state index in [1.165, 1.54) is 0 Å². The summed E-state index contributed by atoms with van der Waals surface area (Å²) in [5.74, 6) is 0.969. The summed E-state index contributed by atoms with van der Waals surface area (Å²) in [5, 5.41) is 11.2. The second-order valence-corrected chi connectivity index (χ2v) is 5.35. The lowest BCUT2D eigenvalue weighted by atomic mass is 10.0. The van der Waals surface area contributed by atoms with Crippen LogP contribution < -0.4 is 5.32 Å². The summed E-state index contributed by atoms with van der Waals surface area (Å²) in [6, 6.07) is 4.14. The molecule has 1 amide bonds. The van der Waals surface area contributed by atoms with Gasteiger partial charge in [-0.25, -0.2) is 0 Å². The van der Waals surface area contributed by atoms with Gasteiger partial charge in [0.15, 0.2) is 0 Å². The molecule has 2 saturated heterocycles. The number of carbonyl (C=O) groups is 1. The van der Waals surface area contributed by atoms with Crippen LogP contribution in [0.5, 0.6) is 0 Å². The fourth-order valence-corrected chi connectivity index (χ4v) is 2.81. The quantitative estimate of drug-likeness (QED) is 0.894. The van der Waals surface area contributed by atoms with Crippen molar-refractivity contribution in [3.63, 3.8) is 0 Å². The van der Waals surface area contributed by atoms with Crippen molar-refractivity contribution < 1.29 is 9.53 Å². The number of ether oxygens (including phenoxy) is 1. The maximum absolute atomic E-state index is 12.2. The number of carbonyl (C=O) groups excluding carboxylic acids is 1. The lowest BCUT2D eigenvalue weighted by molar-refractivity contribution is -0.141. The number of anilines is 1. The standard InChI is InChI=1S/C14H20N4O2/c19-14(12-3-2-10-20-12)18-8-5-11(6-9-18)16-13-4-1-7-15-17-13/h1,4,7,11-12H,2-3,5-6,8-10H2,(H,16,17)/t12-/m1/s1. The largest absolute Gasteiger partial charge is 0.368 e. The van der Waals surface area contributed by atoms with Crippen LogP contribution in [0.1, 0.15) is 25.7 Å². The lowest BCUT2D eigenvalue weighted by Crippen LogP contribution is -2.46. The summed E-state index contributed by atoms with van der Waals surface area (Å²) in [6.45, 7) is 2.30. The first kappa shape index (κ1) is 13.3. The molecule has 3 heterocycles. The number of amides is 1.